The van der Waals surface area contributed by atoms with E-state index in [0.29, 0.717) is 30.3 Å². The normalized spacial score (nSPS) is 15.0. The third kappa shape index (κ3) is 3.21. The van der Waals surface area contributed by atoms with E-state index in [2.05, 4.69) is 22.6 Å². The fraction of sp³-hybridized carbons (Fsp3) is 0.200. The minimum Gasteiger partial charge on any atom is -0.456 e. The number of halogens is 1. The summed E-state index contributed by atoms with van der Waals surface area (Å²) >= 11 is 2.15. The first kappa shape index (κ1) is 15.2. The number of nitro groups is 1. The van der Waals surface area contributed by atoms with Gasteiger partial charge < -0.3 is 14.2 Å². The van der Waals surface area contributed by atoms with Crippen molar-refractivity contribution in [2.45, 2.75) is 6.29 Å². The van der Waals surface area contributed by atoms with Crippen LogP contribution in [0.1, 0.15) is 11.9 Å². The highest BCUT2D eigenvalue weighted by Crippen LogP contribution is 2.35. The van der Waals surface area contributed by atoms with Gasteiger partial charge >= 0.3 is 0 Å². The summed E-state index contributed by atoms with van der Waals surface area (Å²) in [4.78, 5) is 10.8. The number of para-hydroxylation sites is 1. The average molecular weight is 413 g/mol. The van der Waals surface area contributed by atoms with Crippen molar-refractivity contribution in [2.24, 2.45) is 0 Å². The summed E-state index contributed by atoms with van der Waals surface area (Å²) in [5.41, 5.74) is 0.327. The van der Waals surface area contributed by atoms with E-state index in [9.17, 15) is 10.1 Å². The molecule has 1 saturated heterocycles. The zero-order valence-corrected chi connectivity index (χ0v) is 13.6. The second-order valence-corrected chi connectivity index (χ2v) is 5.75. The zero-order valence-electron chi connectivity index (χ0n) is 11.4. The molecular weight excluding hydrogens is 401 g/mol. The molecule has 1 heterocycles. The summed E-state index contributed by atoms with van der Waals surface area (Å²) in [5.74, 6) is 1.05. The van der Waals surface area contributed by atoms with Gasteiger partial charge in [-0.25, -0.2) is 0 Å². The second-order valence-electron chi connectivity index (χ2n) is 4.58. The van der Waals surface area contributed by atoms with Gasteiger partial charge in [-0.1, -0.05) is 12.1 Å². The van der Waals surface area contributed by atoms with Crippen molar-refractivity contribution in [3.63, 3.8) is 0 Å². The Labute approximate surface area is 140 Å². The summed E-state index contributed by atoms with van der Waals surface area (Å²) < 4.78 is 17.3. The van der Waals surface area contributed by atoms with Crippen molar-refractivity contribution < 1.29 is 19.1 Å². The Kier molecular flexibility index (Phi) is 4.55. The van der Waals surface area contributed by atoms with Crippen LogP contribution in [0.25, 0.3) is 0 Å². The molecule has 3 rings (SSSR count). The predicted molar refractivity (Wildman–Crippen MR) is 87.0 cm³/mol. The third-order valence-corrected chi connectivity index (χ3v) is 4.03. The Morgan fingerprint density at radius 3 is 2.59 bits per heavy atom. The van der Waals surface area contributed by atoms with Crippen molar-refractivity contribution in [3.05, 3.63) is 61.7 Å². The fourth-order valence-electron chi connectivity index (χ4n) is 2.14. The maximum absolute atomic E-state index is 11.3. The molecule has 6 nitrogen and oxygen atoms in total. The summed E-state index contributed by atoms with van der Waals surface area (Å²) in [6.45, 7) is 0.866. The Hall–Kier alpha value is -1.71. The number of nitro benzene ring substituents is 1. The molecule has 0 unspecified atom stereocenters. The van der Waals surface area contributed by atoms with Gasteiger partial charge in [0.05, 0.1) is 33.3 Å². The lowest BCUT2D eigenvalue weighted by Crippen LogP contribution is -2.03. The molecule has 0 N–H and O–H groups in total. The van der Waals surface area contributed by atoms with Gasteiger partial charge in [0, 0.05) is 0 Å². The van der Waals surface area contributed by atoms with Crippen LogP contribution < -0.4 is 4.74 Å². The standard InChI is InChI=1S/C15H12INO5/c16-12-3-1-2-4-14(12)22-10-5-6-11(13(9-10)17(18)19)15-20-7-8-21-15/h1-6,9,15H,7-8H2. The molecule has 2 aromatic carbocycles. The van der Waals surface area contributed by atoms with Gasteiger partial charge in [0.25, 0.3) is 5.69 Å². The number of nitrogens with zero attached hydrogens (tertiary/aromatic N) is 1. The van der Waals surface area contributed by atoms with Gasteiger partial charge in [0.2, 0.25) is 0 Å². The van der Waals surface area contributed by atoms with E-state index in [-0.39, 0.29) is 5.69 Å². The lowest BCUT2D eigenvalue weighted by Gasteiger charge is -2.12. The number of rotatable bonds is 4. The van der Waals surface area contributed by atoms with Crippen LogP contribution in [-0.2, 0) is 9.47 Å². The van der Waals surface area contributed by atoms with Gasteiger partial charge in [0.1, 0.15) is 11.5 Å². The molecule has 22 heavy (non-hydrogen) atoms. The highest BCUT2D eigenvalue weighted by molar-refractivity contribution is 14.1. The Morgan fingerprint density at radius 1 is 1.18 bits per heavy atom. The molecule has 1 aliphatic heterocycles. The van der Waals surface area contributed by atoms with E-state index in [4.69, 9.17) is 14.2 Å². The average Bonchev–Trinajstić information content (AvgIpc) is 3.03. The van der Waals surface area contributed by atoms with Crippen molar-refractivity contribution in [3.8, 4) is 11.5 Å². The van der Waals surface area contributed by atoms with Crippen LogP contribution >= 0.6 is 22.6 Å². The van der Waals surface area contributed by atoms with Gasteiger partial charge in [0.15, 0.2) is 6.29 Å². The minimum absolute atomic E-state index is 0.0738. The monoisotopic (exact) mass is 413 g/mol. The third-order valence-electron chi connectivity index (χ3n) is 3.14. The quantitative estimate of drug-likeness (QED) is 0.430. The van der Waals surface area contributed by atoms with Crippen LogP contribution in [0, 0.1) is 13.7 Å². The zero-order chi connectivity index (χ0) is 15.5. The number of hydrogen-bond acceptors (Lipinski definition) is 5. The molecule has 0 radical (unpaired) electrons. The first-order valence-electron chi connectivity index (χ1n) is 6.59. The van der Waals surface area contributed by atoms with E-state index in [0.717, 1.165) is 3.57 Å². The van der Waals surface area contributed by atoms with E-state index >= 15 is 0 Å². The summed E-state index contributed by atoms with van der Waals surface area (Å²) in [6.07, 6.45) is -0.689. The highest BCUT2D eigenvalue weighted by atomic mass is 127. The molecule has 2 aromatic rings. The molecule has 0 amide bonds. The fourth-order valence-corrected chi connectivity index (χ4v) is 2.63. The van der Waals surface area contributed by atoms with Crippen LogP contribution in [-0.4, -0.2) is 18.1 Å². The smallest absolute Gasteiger partial charge is 0.281 e. The van der Waals surface area contributed by atoms with Gasteiger partial charge in [-0.15, -0.1) is 0 Å². The molecule has 0 atom stereocenters. The van der Waals surface area contributed by atoms with Gasteiger partial charge in [-0.3, -0.25) is 10.1 Å². The molecule has 7 heteroatoms. The largest absolute Gasteiger partial charge is 0.456 e. The molecule has 1 fully saturated rings. The highest BCUT2D eigenvalue weighted by Gasteiger charge is 2.27. The van der Waals surface area contributed by atoms with Crippen LogP contribution in [0.3, 0.4) is 0 Å². The van der Waals surface area contributed by atoms with Crippen molar-refractivity contribution in [1.29, 1.82) is 0 Å². The van der Waals surface area contributed by atoms with Crippen LogP contribution in [0.5, 0.6) is 11.5 Å². The number of hydrogen-bond donors (Lipinski definition) is 0. The SMILES string of the molecule is O=[N+]([O-])c1cc(Oc2ccccc2I)ccc1C1OCCO1. The molecule has 0 spiro atoms. The molecule has 0 bridgehead atoms. The summed E-state index contributed by atoms with van der Waals surface area (Å²) in [6, 6.07) is 12.1. The Morgan fingerprint density at radius 2 is 1.91 bits per heavy atom. The summed E-state index contributed by atoms with van der Waals surface area (Å²) in [5, 5.41) is 11.3. The summed E-state index contributed by atoms with van der Waals surface area (Å²) in [7, 11) is 0. The van der Waals surface area contributed by atoms with E-state index in [1.54, 1.807) is 12.1 Å². The molecule has 114 valence electrons. The molecule has 0 aliphatic carbocycles. The van der Waals surface area contributed by atoms with Gasteiger partial charge in [-0.2, -0.15) is 0 Å². The van der Waals surface area contributed by atoms with E-state index < -0.39 is 11.2 Å². The molecule has 0 aromatic heterocycles. The molecule has 1 aliphatic rings. The van der Waals surface area contributed by atoms with Crippen molar-refractivity contribution in [2.75, 3.05) is 13.2 Å². The first-order valence-corrected chi connectivity index (χ1v) is 7.67. The van der Waals surface area contributed by atoms with E-state index in [1.165, 1.54) is 6.07 Å². The first-order chi connectivity index (χ1) is 10.6. The molecule has 0 saturated carbocycles. The lowest BCUT2D eigenvalue weighted by atomic mass is 10.1. The second kappa shape index (κ2) is 6.59. The van der Waals surface area contributed by atoms with Crippen molar-refractivity contribution >= 4 is 28.3 Å². The Balaban J connectivity index is 1.92. The lowest BCUT2D eigenvalue weighted by molar-refractivity contribution is -0.386. The number of ether oxygens (including phenoxy) is 3. The van der Waals surface area contributed by atoms with Crippen LogP contribution in [0.15, 0.2) is 42.5 Å². The van der Waals surface area contributed by atoms with Crippen molar-refractivity contribution in [1.82, 2.24) is 0 Å². The van der Waals surface area contributed by atoms with Gasteiger partial charge in [-0.05, 0) is 46.9 Å². The van der Waals surface area contributed by atoms with Crippen LogP contribution in [0.2, 0.25) is 0 Å². The minimum atomic E-state index is -0.689. The predicted octanol–water partition coefficient (Wildman–Crippen LogP) is 4.04. The number of benzene rings is 2. The van der Waals surface area contributed by atoms with E-state index in [1.807, 2.05) is 24.3 Å². The topological polar surface area (TPSA) is 70.8 Å². The maximum atomic E-state index is 11.3. The maximum Gasteiger partial charge on any atom is 0.281 e. The Bertz CT molecular complexity index is 700. The van der Waals surface area contributed by atoms with Crippen LogP contribution in [0.4, 0.5) is 5.69 Å². The molecular formula is C15H12INO5.